The molecule has 3 amide bonds. The van der Waals surface area contributed by atoms with E-state index in [0.29, 0.717) is 24.8 Å². The summed E-state index contributed by atoms with van der Waals surface area (Å²) in [6.45, 7) is 15.9. The van der Waals surface area contributed by atoms with Crippen LogP contribution < -0.4 is 15.5 Å². The van der Waals surface area contributed by atoms with E-state index in [2.05, 4.69) is 47.3 Å². The zero-order valence-corrected chi connectivity index (χ0v) is 25.2. The van der Waals surface area contributed by atoms with Gasteiger partial charge in [-0.2, -0.15) is 0 Å². The number of morpholine rings is 1. The van der Waals surface area contributed by atoms with Crippen LogP contribution in [0.4, 0.5) is 21.1 Å². The number of ether oxygens (including phenoxy) is 2. The summed E-state index contributed by atoms with van der Waals surface area (Å²) in [7, 11) is 0. The number of hydrogen-bond acceptors (Lipinski definition) is 6. The zero-order chi connectivity index (χ0) is 29.6. The molecule has 0 aliphatic carbocycles. The monoisotopic (exact) mass is 561 g/mol. The molecule has 2 aliphatic rings. The van der Waals surface area contributed by atoms with E-state index in [-0.39, 0.29) is 6.03 Å². The summed E-state index contributed by atoms with van der Waals surface area (Å²) in [6.07, 6.45) is 1.64. The molecule has 41 heavy (non-hydrogen) atoms. The van der Waals surface area contributed by atoms with Crippen molar-refractivity contribution in [1.82, 2.24) is 15.2 Å². The highest BCUT2D eigenvalue weighted by molar-refractivity contribution is 5.90. The van der Waals surface area contributed by atoms with E-state index in [4.69, 9.17) is 14.5 Å². The van der Waals surface area contributed by atoms with Crippen molar-refractivity contribution in [2.24, 2.45) is 5.92 Å². The van der Waals surface area contributed by atoms with Gasteiger partial charge in [0, 0.05) is 31.9 Å². The van der Waals surface area contributed by atoms with E-state index in [1.165, 1.54) is 0 Å². The van der Waals surface area contributed by atoms with E-state index < -0.39 is 17.7 Å². The normalized spacial score (nSPS) is 17.9. The lowest BCUT2D eigenvalue weighted by Crippen LogP contribution is -2.37. The molecule has 2 atom stereocenters. The number of pyridine rings is 1. The number of aryl methyl sites for hydroxylation is 1. The molecular weight excluding hydrogens is 518 g/mol. The van der Waals surface area contributed by atoms with Crippen LogP contribution in [0, 0.1) is 24.7 Å². The van der Waals surface area contributed by atoms with Gasteiger partial charge in [-0.05, 0) is 93.8 Å². The molecule has 2 N–H and O–H groups in total. The van der Waals surface area contributed by atoms with Gasteiger partial charge in [-0.25, -0.2) is 14.6 Å². The second kappa shape index (κ2) is 13.3. The van der Waals surface area contributed by atoms with E-state index in [1.807, 2.05) is 56.9 Å². The molecule has 1 aromatic heterocycles. The Labute approximate surface area is 244 Å². The Morgan fingerprint density at radius 2 is 1.93 bits per heavy atom. The number of rotatable bonds is 5. The highest BCUT2D eigenvalue weighted by atomic mass is 16.6. The largest absolute Gasteiger partial charge is 0.444 e. The van der Waals surface area contributed by atoms with Crippen molar-refractivity contribution in [1.29, 1.82) is 0 Å². The predicted molar refractivity (Wildman–Crippen MR) is 162 cm³/mol. The Kier molecular flexibility index (Phi) is 9.77. The Bertz CT molecular complexity index is 1300. The lowest BCUT2D eigenvalue weighted by atomic mass is 9.99. The van der Waals surface area contributed by atoms with Gasteiger partial charge in [0.15, 0.2) is 0 Å². The van der Waals surface area contributed by atoms with Gasteiger partial charge in [0.05, 0.1) is 19.3 Å². The molecule has 2 saturated heterocycles. The van der Waals surface area contributed by atoms with Crippen LogP contribution >= 0.6 is 0 Å². The Hall–Kier alpha value is -3.77. The van der Waals surface area contributed by atoms with E-state index >= 15 is 0 Å². The quantitative estimate of drug-likeness (QED) is 0.473. The minimum Gasteiger partial charge on any atom is -0.444 e. The number of likely N-dealkylation sites (tertiary alicyclic amines) is 1. The maximum atomic E-state index is 13.0. The van der Waals surface area contributed by atoms with Gasteiger partial charge >= 0.3 is 12.1 Å². The van der Waals surface area contributed by atoms with Crippen LogP contribution in [0.5, 0.6) is 0 Å². The van der Waals surface area contributed by atoms with E-state index in [0.717, 1.165) is 67.2 Å². The second-order valence-corrected chi connectivity index (χ2v) is 11.8. The number of hydrogen-bond donors (Lipinski definition) is 2. The molecule has 9 nitrogen and oxygen atoms in total. The summed E-state index contributed by atoms with van der Waals surface area (Å²) in [5, 5.41) is 5.86. The third-order valence-corrected chi connectivity index (χ3v) is 7.25. The van der Waals surface area contributed by atoms with Crippen LogP contribution in [0.15, 0.2) is 30.3 Å². The fourth-order valence-electron chi connectivity index (χ4n) is 4.96. The summed E-state index contributed by atoms with van der Waals surface area (Å²) in [5.41, 5.74) is 3.79. The molecule has 0 radical (unpaired) electrons. The molecule has 1 unspecified atom stereocenters. The maximum Gasteiger partial charge on any atom is 0.408 e. The van der Waals surface area contributed by atoms with Gasteiger partial charge in [-0.3, -0.25) is 0 Å². The van der Waals surface area contributed by atoms with Crippen molar-refractivity contribution in [2.75, 3.05) is 49.6 Å². The Morgan fingerprint density at radius 1 is 1.17 bits per heavy atom. The Balaban J connectivity index is 1.60. The average molecular weight is 562 g/mol. The van der Waals surface area contributed by atoms with Gasteiger partial charge in [0.1, 0.15) is 17.1 Å². The minimum absolute atomic E-state index is 0.0579. The molecule has 0 spiro atoms. The van der Waals surface area contributed by atoms with Crippen LogP contribution in [0.3, 0.4) is 0 Å². The summed E-state index contributed by atoms with van der Waals surface area (Å²) < 4.78 is 10.9. The van der Waals surface area contributed by atoms with Gasteiger partial charge in [-0.15, -0.1) is 0 Å². The first kappa shape index (κ1) is 30.2. The van der Waals surface area contributed by atoms with Crippen molar-refractivity contribution in [3.63, 3.8) is 0 Å². The fourth-order valence-corrected chi connectivity index (χ4v) is 4.96. The van der Waals surface area contributed by atoms with E-state index in [1.54, 1.807) is 0 Å². The highest BCUT2D eigenvalue weighted by Crippen LogP contribution is 2.30. The van der Waals surface area contributed by atoms with Crippen molar-refractivity contribution >= 4 is 23.6 Å². The summed E-state index contributed by atoms with van der Waals surface area (Å²) >= 11 is 0. The van der Waals surface area contributed by atoms with Crippen molar-refractivity contribution in [3.8, 4) is 23.0 Å². The number of alkyl carbamates (subject to hydrolysis) is 1. The lowest BCUT2D eigenvalue weighted by molar-refractivity contribution is 0.0519. The number of amides is 3. The number of aromatic nitrogens is 1. The number of anilines is 2. The smallest absolute Gasteiger partial charge is 0.408 e. The molecule has 2 fully saturated rings. The minimum atomic E-state index is -0.585. The van der Waals surface area contributed by atoms with Gasteiger partial charge in [0.2, 0.25) is 0 Å². The van der Waals surface area contributed by atoms with Gasteiger partial charge in [0.25, 0.3) is 0 Å². The molecule has 1 aromatic carbocycles. The molecule has 4 rings (SSSR count). The topological polar surface area (TPSA) is 96.0 Å². The predicted octanol–water partition coefficient (Wildman–Crippen LogP) is 5.42. The van der Waals surface area contributed by atoms with Crippen molar-refractivity contribution in [2.45, 2.75) is 66.0 Å². The number of nitrogens with zero attached hydrogens (tertiary/aromatic N) is 3. The first-order chi connectivity index (χ1) is 19.5. The lowest BCUT2D eigenvalue weighted by Gasteiger charge is -2.28. The fraction of sp³-hybridized carbons (Fsp3) is 0.531. The highest BCUT2D eigenvalue weighted by Gasteiger charge is 2.25. The van der Waals surface area contributed by atoms with Crippen LogP contribution in [-0.4, -0.2) is 73.0 Å². The molecule has 2 aromatic rings. The molecule has 2 aliphatic heterocycles. The molecular formula is C32H43N5O4. The van der Waals surface area contributed by atoms with Crippen LogP contribution in [0.1, 0.15) is 58.7 Å². The standard InChI is InChI=1S/C32H43N5O4/c1-7-24-12-13-37(21-24)30(38)35-27-10-8-22(2)28(20-27)25-18-26(34-29(19-25)36-14-16-40-17-15-36)11-9-23(3)33-31(39)41-32(4,5)6/h8,10,18-20,23-24H,7,12-17,21H2,1-6H3,(H,33,39)(H,35,38)/t23?,24-/m1/s1. The van der Waals surface area contributed by atoms with Crippen LogP contribution in [-0.2, 0) is 9.47 Å². The summed E-state index contributed by atoms with van der Waals surface area (Å²) in [6, 6.07) is 9.52. The Morgan fingerprint density at radius 3 is 2.61 bits per heavy atom. The van der Waals surface area contributed by atoms with Gasteiger partial charge in [-0.1, -0.05) is 25.3 Å². The molecule has 0 bridgehead atoms. The SMILES string of the molecule is CC[C@@H]1CCN(C(=O)Nc2ccc(C)c(-c3cc(C#CC(C)NC(=O)OC(C)(C)C)nc(N4CCOCC4)c3)c2)C1. The zero-order valence-electron chi connectivity index (χ0n) is 25.2. The van der Waals surface area contributed by atoms with Crippen molar-refractivity contribution in [3.05, 3.63) is 41.6 Å². The molecule has 3 heterocycles. The summed E-state index contributed by atoms with van der Waals surface area (Å²) in [5.74, 6) is 7.63. The number of carbonyl (C=O) groups excluding carboxylic acids is 2. The number of urea groups is 1. The molecule has 220 valence electrons. The number of nitrogens with one attached hydrogen (secondary N) is 2. The van der Waals surface area contributed by atoms with Crippen LogP contribution in [0.25, 0.3) is 11.1 Å². The van der Waals surface area contributed by atoms with E-state index in [9.17, 15) is 9.59 Å². The summed E-state index contributed by atoms with van der Waals surface area (Å²) in [4.78, 5) is 34.1. The molecule has 9 heteroatoms. The third-order valence-electron chi connectivity index (χ3n) is 7.25. The van der Waals surface area contributed by atoms with Gasteiger partial charge < -0.3 is 29.9 Å². The first-order valence-electron chi connectivity index (χ1n) is 14.5. The number of carbonyl (C=O) groups is 2. The number of benzene rings is 1. The average Bonchev–Trinajstić information content (AvgIpc) is 3.42. The maximum absolute atomic E-state index is 13.0. The molecule has 0 saturated carbocycles. The second-order valence-electron chi connectivity index (χ2n) is 11.8. The van der Waals surface area contributed by atoms with Crippen molar-refractivity contribution < 1.29 is 19.1 Å². The van der Waals surface area contributed by atoms with Crippen LogP contribution in [0.2, 0.25) is 0 Å². The third kappa shape index (κ3) is 8.61. The first-order valence-corrected chi connectivity index (χ1v) is 14.5.